The molecule has 0 radical (unpaired) electrons. The molecular formula is C11H16FNO4S. The third kappa shape index (κ3) is 6.06. The number of hydrogen-bond donors (Lipinski definition) is 2. The van der Waals surface area contributed by atoms with Gasteiger partial charge in [0.2, 0.25) is 10.0 Å². The minimum Gasteiger partial charge on any atom is -0.394 e. The molecule has 0 bridgehead atoms. The van der Waals surface area contributed by atoms with Crippen molar-refractivity contribution in [3.05, 3.63) is 35.6 Å². The van der Waals surface area contributed by atoms with Crippen molar-refractivity contribution in [1.29, 1.82) is 0 Å². The molecule has 18 heavy (non-hydrogen) atoms. The molecule has 7 heteroatoms. The van der Waals surface area contributed by atoms with Crippen LogP contribution in [-0.4, -0.2) is 39.9 Å². The van der Waals surface area contributed by atoms with Gasteiger partial charge in [-0.2, -0.15) is 0 Å². The summed E-state index contributed by atoms with van der Waals surface area (Å²) in [6, 6.07) is 5.29. The lowest BCUT2D eigenvalue weighted by atomic mass is 10.2. The Bertz CT molecular complexity index is 447. The summed E-state index contributed by atoms with van der Waals surface area (Å²) >= 11 is 0. The van der Waals surface area contributed by atoms with Crippen LogP contribution in [0.4, 0.5) is 4.39 Å². The van der Waals surface area contributed by atoms with E-state index in [1.165, 1.54) is 24.3 Å². The lowest BCUT2D eigenvalue weighted by Crippen LogP contribution is -2.28. The number of nitrogens with one attached hydrogen (secondary N) is 1. The van der Waals surface area contributed by atoms with Crippen molar-refractivity contribution >= 4 is 10.0 Å². The molecule has 0 atom stereocenters. The Morgan fingerprint density at radius 1 is 1.22 bits per heavy atom. The van der Waals surface area contributed by atoms with E-state index in [1.807, 2.05) is 0 Å². The molecule has 2 N–H and O–H groups in total. The minimum absolute atomic E-state index is 0.0949. The van der Waals surface area contributed by atoms with Crippen LogP contribution in [0, 0.1) is 5.82 Å². The van der Waals surface area contributed by atoms with Crippen LogP contribution in [0.15, 0.2) is 24.3 Å². The van der Waals surface area contributed by atoms with E-state index in [0.29, 0.717) is 5.56 Å². The first-order chi connectivity index (χ1) is 8.53. The average Bonchev–Trinajstić information content (AvgIpc) is 2.31. The first kappa shape index (κ1) is 15.0. The minimum atomic E-state index is -3.45. The van der Waals surface area contributed by atoms with Gasteiger partial charge in [0.25, 0.3) is 0 Å². The molecule has 0 amide bonds. The van der Waals surface area contributed by atoms with Gasteiger partial charge in [-0.3, -0.25) is 0 Å². The van der Waals surface area contributed by atoms with Crippen LogP contribution in [0.3, 0.4) is 0 Å². The van der Waals surface area contributed by atoms with Crippen LogP contribution < -0.4 is 4.72 Å². The predicted molar refractivity (Wildman–Crippen MR) is 64.9 cm³/mol. The first-order valence-electron chi connectivity index (χ1n) is 5.44. The second-order valence-electron chi connectivity index (χ2n) is 3.62. The zero-order valence-electron chi connectivity index (χ0n) is 9.80. The van der Waals surface area contributed by atoms with Crippen LogP contribution >= 0.6 is 0 Å². The van der Waals surface area contributed by atoms with Crippen molar-refractivity contribution in [3.8, 4) is 0 Å². The highest BCUT2D eigenvalue weighted by molar-refractivity contribution is 7.88. The number of ether oxygens (including phenoxy) is 1. The molecule has 0 unspecified atom stereocenters. The summed E-state index contributed by atoms with van der Waals surface area (Å²) in [5, 5.41) is 8.45. The summed E-state index contributed by atoms with van der Waals surface area (Å²) in [4.78, 5) is 0. The van der Waals surface area contributed by atoms with Crippen LogP contribution in [0.1, 0.15) is 5.56 Å². The second kappa shape index (κ2) is 7.42. The number of benzene rings is 1. The summed E-state index contributed by atoms with van der Waals surface area (Å²) in [6.45, 7) is 0.425. The normalized spacial score (nSPS) is 11.7. The van der Waals surface area contributed by atoms with Crippen molar-refractivity contribution in [1.82, 2.24) is 4.72 Å². The van der Waals surface area contributed by atoms with Gasteiger partial charge in [0.1, 0.15) is 5.82 Å². The van der Waals surface area contributed by atoms with Crippen molar-refractivity contribution in [2.24, 2.45) is 0 Å². The van der Waals surface area contributed by atoms with Gasteiger partial charge in [0.05, 0.1) is 25.6 Å². The molecule has 0 aliphatic rings. The molecular weight excluding hydrogens is 261 g/mol. The Balaban J connectivity index is 2.37. The van der Waals surface area contributed by atoms with Gasteiger partial charge >= 0.3 is 0 Å². The molecule has 0 aliphatic heterocycles. The van der Waals surface area contributed by atoms with Gasteiger partial charge in [-0.1, -0.05) is 12.1 Å². The maximum absolute atomic E-state index is 12.6. The Labute approximate surface area is 106 Å². The zero-order valence-corrected chi connectivity index (χ0v) is 10.6. The summed E-state index contributed by atoms with van der Waals surface area (Å²) in [5.74, 6) is -0.602. The molecule has 5 nitrogen and oxygen atoms in total. The summed E-state index contributed by atoms with van der Waals surface area (Å²) in [5.41, 5.74) is 0.514. The quantitative estimate of drug-likeness (QED) is 0.668. The molecule has 0 fully saturated rings. The molecule has 0 aliphatic carbocycles. The molecule has 102 valence electrons. The van der Waals surface area contributed by atoms with Crippen molar-refractivity contribution in [3.63, 3.8) is 0 Å². The van der Waals surface area contributed by atoms with E-state index in [0.717, 1.165) is 0 Å². The van der Waals surface area contributed by atoms with Crippen molar-refractivity contribution < 1.29 is 22.7 Å². The molecule has 0 saturated heterocycles. The van der Waals surface area contributed by atoms with Gasteiger partial charge in [0.15, 0.2) is 0 Å². The SMILES string of the molecule is O=S(=O)(Cc1ccc(F)cc1)NCCOCCO. The average molecular weight is 277 g/mol. The fourth-order valence-corrected chi connectivity index (χ4v) is 2.41. The van der Waals surface area contributed by atoms with Gasteiger partial charge in [-0.15, -0.1) is 0 Å². The summed E-state index contributed by atoms with van der Waals surface area (Å²) < 4.78 is 43.1. The predicted octanol–water partition coefficient (Wildman–Crippen LogP) is 0.254. The number of aliphatic hydroxyl groups excluding tert-OH is 1. The van der Waals surface area contributed by atoms with Crippen LogP contribution in [-0.2, 0) is 20.5 Å². The Morgan fingerprint density at radius 3 is 2.50 bits per heavy atom. The third-order valence-corrected chi connectivity index (χ3v) is 3.43. The fraction of sp³-hybridized carbons (Fsp3) is 0.455. The van der Waals surface area contributed by atoms with Gasteiger partial charge in [-0.05, 0) is 17.7 Å². The Morgan fingerprint density at radius 2 is 1.89 bits per heavy atom. The standard InChI is InChI=1S/C11H16FNO4S/c12-11-3-1-10(2-4-11)9-18(15,16)13-5-7-17-8-6-14/h1-4,13-14H,5-9H2. The van der Waals surface area contributed by atoms with Crippen LogP contribution in [0.5, 0.6) is 0 Å². The number of sulfonamides is 1. The van der Waals surface area contributed by atoms with E-state index >= 15 is 0 Å². The number of aliphatic hydroxyl groups is 1. The lowest BCUT2D eigenvalue weighted by Gasteiger charge is -2.07. The summed E-state index contributed by atoms with van der Waals surface area (Å²) in [6.07, 6.45) is 0. The second-order valence-corrected chi connectivity index (χ2v) is 5.42. The number of halogens is 1. The highest BCUT2D eigenvalue weighted by atomic mass is 32.2. The molecule has 0 heterocycles. The molecule has 0 saturated carbocycles. The van der Waals surface area contributed by atoms with Gasteiger partial charge in [-0.25, -0.2) is 17.5 Å². The largest absolute Gasteiger partial charge is 0.394 e. The molecule has 0 spiro atoms. The molecule has 1 aromatic rings. The van der Waals surface area contributed by atoms with E-state index in [9.17, 15) is 12.8 Å². The van der Waals surface area contributed by atoms with E-state index in [-0.39, 0.29) is 32.1 Å². The zero-order chi connectivity index (χ0) is 13.4. The van der Waals surface area contributed by atoms with E-state index in [4.69, 9.17) is 9.84 Å². The highest BCUT2D eigenvalue weighted by Gasteiger charge is 2.10. The molecule has 1 rings (SSSR count). The summed E-state index contributed by atoms with van der Waals surface area (Å²) in [7, 11) is -3.45. The monoisotopic (exact) mass is 277 g/mol. The van der Waals surface area contributed by atoms with Crippen molar-refractivity contribution in [2.75, 3.05) is 26.4 Å². The Kier molecular flexibility index (Phi) is 6.20. The lowest BCUT2D eigenvalue weighted by molar-refractivity contribution is 0.0961. The maximum atomic E-state index is 12.6. The topological polar surface area (TPSA) is 75.6 Å². The van der Waals surface area contributed by atoms with Gasteiger partial charge in [0, 0.05) is 6.54 Å². The fourth-order valence-electron chi connectivity index (χ4n) is 1.29. The van der Waals surface area contributed by atoms with E-state index in [1.54, 1.807) is 0 Å². The first-order valence-corrected chi connectivity index (χ1v) is 7.09. The number of rotatable bonds is 8. The van der Waals surface area contributed by atoms with Crippen LogP contribution in [0.2, 0.25) is 0 Å². The van der Waals surface area contributed by atoms with E-state index in [2.05, 4.69) is 4.72 Å². The third-order valence-electron chi connectivity index (χ3n) is 2.07. The van der Waals surface area contributed by atoms with Crippen LogP contribution in [0.25, 0.3) is 0 Å². The smallest absolute Gasteiger partial charge is 0.215 e. The Hall–Kier alpha value is -1.02. The van der Waals surface area contributed by atoms with Gasteiger partial charge < -0.3 is 9.84 Å². The highest BCUT2D eigenvalue weighted by Crippen LogP contribution is 2.06. The molecule has 0 aromatic heterocycles. The van der Waals surface area contributed by atoms with Crippen molar-refractivity contribution in [2.45, 2.75) is 5.75 Å². The maximum Gasteiger partial charge on any atom is 0.215 e. The molecule has 1 aromatic carbocycles. The van der Waals surface area contributed by atoms with E-state index < -0.39 is 15.8 Å². The number of hydrogen-bond acceptors (Lipinski definition) is 4.